The number of likely N-dealkylation sites (tertiary alicyclic amines) is 1. The topological polar surface area (TPSA) is 106 Å². The van der Waals surface area contributed by atoms with E-state index >= 15 is 0 Å². The molecule has 4 rings (SSSR count). The highest BCUT2D eigenvalue weighted by Crippen LogP contribution is 2.34. The van der Waals surface area contributed by atoms with Crippen LogP contribution in [0.5, 0.6) is 5.75 Å². The number of benzene rings is 1. The minimum atomic E-state index is -0.701. The van der Waals surface area contributed by atoms with E-state index in [1.54, 1.807) is 30.6 Å². The summed E-state index contributed by atoms with van der Waals surface area (Å²) in [5.41, 5.74) is 1.49. The van der Waals surface area contributed by atoms with Crippen LogP contribution in [0.4, 0.5) is 0 Å². The summed E-state index contributed by atoms with van der Waals surface area (Å²) in [6.45, 7) is 2.36. The van der Waals surface area contributed by atoms with Gasteiger partial charge in [-0.05, 0) is 43.6 Å². The predicted molar refractivity (Wildman–Crippen MR) is 114 cm³/mol. The zero-order chi connectivity index (χ0) is 21.8. The summed E-state index contributed by atoms with van der Waals surface area (Å²) in [5, 5.41) is 10.6. The smallest absolute Gasteiger partial charge is 0.306 e. The molecular weight excluding hydrogens is 398 g/mol. The Labute approximate surface area is 179 Å². The van der Waals surface area contributed by atoms with E-state index in [-0.39, 0.29) is 12.2 Å². The molecule has 2 aromatic heterocycles. The van der Waals surface area contributed by atoms with Gasteiger partial charge >= 0.3 is 5.97 Å². The molecule has 0 bridgehead atoms. The Balaban J connectivity index is 1.76. The second-order valence-corrected chi connectivity index (χ2v) is 7.76. The molecule has 8 heteroatoms. The molecule has 162 valence electrons. The highest BCUT2D eigenvalue weighted by atomic mass is 16.5. The van der Waals surface area contributed by atoms with E-state index in [9.17, 15) is 14.7 Å². The van der Waals surface area contributed by atoms with Gasteiger partial charge in [0.1, 0.15) is 5.76 Å². The number of fused-ring (bicyclic) bond motifs is 1. The maximum absolute atomic E-state index is 12.5. The SMILES string of the molecule is COC(=O)CC(c1ccc2nccnc2c1)c1oc(CN2CCCCC2)cc(=O)c1O. The number of hydrogen-bond acceptors (Lipinski definition) is 8. The zero-order valence-corrected chi connectivity index (χ0v) is 17.4. The monoisotopic (exact) mass is 423 g/mol. The minimum absolute atomic E-state index is 0.0631. The average Bonchev–Trinajstić information content (AvgIpc) is 2.80. The highest BCUT2D eigenvalue weighted by molar-refractivity contribution is 5.76. The maximum atomic E-state index is 12.5. The molecule has 0 radical (unpaired) electrons. The Kier molecular flexibility index (Phi) is 6.27. The first-order valence-electron chi connectivity index (χ1n) is 10.4. The fourth-order valence-electron chi connectivity index (χ4n) is 4.02. The summed E-state index contributed by atoms with van der Waals surface area (Å²) in [7, 11) is 1.30. The second-order valence-electron chi connectivity index (χ2n) is 7.76. The van der Waals surface area contributed by atoms with E-state index < -0.39 is 23.1 Å². The molecule has 1 aromatic carbocycles. The second kappa shape index (κ2) is 9.26. The number of aromatic nitrogens is 2. The molecule has 8 nitrogen and oxygen atoms in total. The molecule has 0 saturated carbocycles. The van der Waals surface area contributed by atoms with Crippen molar-refractivity contribution in [3.05, 3.63) is 64.0 Å². The molecule has 1 aliphatic rings. The lowest BCUT2D eigenvalue weighted by Gasteiger charge is -2.26. The lowest BCUT2D eigenvalue weighted by molar-refractivity contribution is -0.140. The van der Waals surface area contributed by atoms with Gasteiger partial charge in [0.05, 0.1) is 37.0 Å². The van der Waals surface area contributed by atoms with Crippen LogP contribution in [0.2, 0.25) is 0 Å². The fraction of sp³-hybridized carbons (Fsp3) is 0.391. The predicted octanol–water partition coefficient (Wildman–Crippen LogP) is 2.97. The lowest BCUT2D eigenvalue weighted by atomic mass is 9.91. The Morgan fingerprint density at radius 3 is 2.65 bits per heavy atom. The van der Waals surface area contributed by atoms with Crippen LogP contribution >= 0.6 is 0 Å². The van der Waals surface area contributed by atoms with Crippen molar-refractivity contribution in [1.82, 2.24) is 14.9 Å². The first-order chi connectivity index (χ1) is 15.0. The van der Waals surface area contributed by atoms with E-state index in [0.717, 1.165) is 25.9 Å². The number of methoxy groups -OCH3 is 1. The van der Waals surface area contributed by atoms with Crippen molar-refractivity contribution in [3.8, 4) is 5.75 Å². The number of esters is 1. The number of piperidine rings is 1. The van der Waals surface area contributed by atoms with E-state index in [2.05, 4.69) is 14.9 Å². The van der Waals surface area contributed by atoms with E-state index in [1.165, 1.54) is 19.6 Å². The number of rotatable bonds is 6. The summed E-state index contributed by atoms with van der Waals surface area (Å²) in [6.07, 6.45) is 6.51. The van der Waals surface area contributed by atoms with Gasteiger partial charge in [0.15, 0.2) is 5.76 Å². The van der Waals surface area contributed by atoms with E-state index in [4.69, 9.17) is 9.15 Å². The van der Waals surface area contributed by atoms with Crippen molar-refractivity contribution in [2.45, 2.75) is 38.1 Å². The minimum Gasteiger partial charge on any atom is -0.502 e. The van der Waals surface area contributed by atoms with Gasteiger partial charge in [0.25, 0.3) is 0 Å². The van der Waals surface area contributed by atoms with Crippen molar-refractivity contribution in [2.75, 3.05) is 20.2 Å². The molecule has 1 N–H and O–H groups in total. The first-order valence-corrected chi connectivity index (χ1v) is 10.4. The molecule has 1 atom stereocenters. The van der Waals surface area contributed by atoms with Crippen LogP contribution in [0.25, 0.3) is 11.0 Å². The molecular formula is C23H25N3O5. The van der Waals surface area contributed by atoms with Crippen molar-refractivity contribution in [3.63, 3.8) is 0 Å². The summed E-state index contributed by atoms with van der Waals surface area (Å²) >= 11 is 0. The van der Waals surface area contributed by atoms with Crippen LogP contribution in [0.15, 0.2) is 45.9 Å². The summed E-state index contributed by atoms with van der Waals surface area (Å²) in [5.74, 6) is -1.14. The molecule has 1 aliphatic heterocycles. The third kappa shape index (κ3) is 4.74. The van der Waals surface area contributed by atoms with Crippen LogP contribution in [0, 0.1) is 0 Å². The molecule has 0 spiro atoms. The molecule has 3 aromatic rings. The molecule has 1 fully saturated rings. The normalized spacial score (nSPS) is 15.6. The Bertz CT molecular complexity index is 1140. The summed E-state index contributed by atoms with van der Waals surface area (Å²) < 4.78 is 10.9. The standard InChI is InChI=1S/C23H25N3O5/c1-30-21(28)13-17(15-5-6-18-19(11-15)25-8-7-24-18)23-22(29)20(27)12-16(31-23)14-26-9-3-2-4-10-26/h5-8,11-12,17,29H,2-4,9-10,13-14H2,1H3. The fourth-order valence-corrected chi connectivity index (χ4v) is 4.02. The summed E-state index contributed by atoms with van der Waals surface area (Å²) in [6, 6.07) is 6.69. The number of aromatic hydroxyl groups is 1. The molecule has 3 heterocycles. The summed E-state index contributed by atoms with van der Waals surface area (Å²) in [4.78, 5) is 35.5. The number of carbonyl (C=O) groups excluding carboxylic acids is 1. The van der Waals surface area contributed by atoms with Crippen LogP contribution in [-0.4, -0.2) is 46.1 Å². The Hall–Kier alpha value is -3.26. The molecule has 1 unspecified atom stereocenters. The molecule has 1 saturated heterocycles. The first kappa shape index (κ1) is 21.0. The van der Waals surface area contributed by atoms with E-state index in [0.29, 0.717) is 28.9 Å². The van der Waals surface area contributed by atoms with Crippen molar-refractivity contribution in [1.29, 1.82) is 0 Å². The highest BCUT2D eigenvalue weighted by Gasteiger charge is 2.27. The van der Waals surface area contributed by atoms with Crippen LogP contribution < -0.4 is 5.43 Å². The van der Waals surface area contributed by atoms with Gasteiger partial charge in [0.2, 0.25) is 11.2 Å². The number of hydrogen-bond donors (Lipinski definition) is 1. The number of ether oxygens (including phenoxy) is 1. The third-order valence-electron chi connectivity index (χ3n) is 5.64. The van der Waals surface area contributed by atoms with Crippen LogP contribution in [0.3, 0.4) is 0 Å². The maximum Gasteiger partial charge on any atom is 0.306 e. The van der Waals surface area contributed by atoms with Crippen molar-refractivity contribution in [2.24, 2.45) is 0 Å². The van der Waals surface area contributed by atoms with Gasteiger partial charge in [-0.3, -0.25) is 24.5 Å². The van der Waals surface area contributed by atoms with Gasteiger partial charge in [-0.15, -0.1) is 0 Å². The zero-order valence-electron chi connectivity index (χ0n) is 17.4. The quantitative estimate of drug-likeness (QED) is 0.603. The van der Waals surface area contributed by atoms with Gasteiger partial charge in [-0.25, -0.2) is 0 Å². The lowest BCUT2D eigenvalue weighted by Crippen LogP contribution is -2.29. The largest absolute Gasteiger partial charge is 0.502 e. The van der Waals surface area contributed by atoms with Crippen molar-refractivity contribution < 1.29 is 19.1 Å². The number of carbonyl (C=O) groups is 1. The van der Waals surface area contributed by atoms with Gasteiger partial charge in [-0.2, -0.15) is 0 Å². The van der Waals surface area contributed by atoms with Crippen LogP contribution in [0.1, 0.15) is 48.7 Å². The van der Waals surface area contributed by atoms with Gasteiger partial charge in [0, 0.05) is 18.5 Å². The van der Waals surface area contributed by atoms with Crippen molar-refractivity contribution >= 4 is 17.0 Å². The Morgan fingerprint density at radius 2 is 1.90 bits per heavy atom. The van der Waals surface area contributed by atoms with Crippen LogP contribution in [-0.2, 0) is 16.1 Å². The molecule has 0 aliphatic carbocycles. The third-order valence-corrected chi connectivity index (χ3v) is 5.64. The number of nitrogens with zero attached hydrogens (tertiary/aromatic N) is 3. The molecule has 0 amide bonds. The average molecular weight is 423 g/mol. The molecule has 31 heavy (non-hydrogen) atoms. The van der Waals surface area contributed by atoms with Gasteiger partial charge < -0.3 is 14.3 Å². The van der Waals surface area contributed by atoms with Gasteiger partial charge in [-0.1, -0.05) is 12.5 Å². The van der Waals surface area contributed by atoms with E-state index in [1.807, 2.05) is 0 Å². The Morgan fingerprint density at radius 1 is 1.16 bits per heavy atom.